The van der Waals surface area contributed by atoms with Gasteiger partial charge in [0.15, 0.2) is 5.82 Å². The van der Waals surface area contributed by atoms with Crippen LogP contribution in [0.3, 0.4) is 0 Å². The first-order chi connectivity index (χ1) is 13.4. The van der Waals surface area contributed by atoms with E-state index in [1.54, 1.807) is 4.57 Å². The van der Waals surface area contributed by atoms with E-state index in [1.807, 2.05) is 6.92 Å². The van der Waals surface area contributed by atoms with Gasteiger partial charge in [-0.15, -0.1) is 12.4 Å². The molecule has 0 atom stereocenters. The number of hydrogen-bond donors (Lipinski definition) is 1. The minimum Gasteiger partial charge on any atom is -0.379 e. The number of aromatic nitrogens is 2. The predicted molar refractivity (Wildman–Crippen MR) is 112 cm³/mol. The highest BCUT2D eigenvalue weighted by Crippen LogP contribution is 2.38. The van der Waals surface area contributed by atoms with Crippen molar-refractivity contribution >= 4 is 23.4 Å². The number of likely N-dealkylation sites (tertiary alicyclic amines) is 1. The van der Waals surface area contributed by atoms with Crippen LogP contribution in [-0.4, -0.2) is 45.8 Å². The molecule has 1 aromatic carbocycles. The summed E-state index contributed by atoms with van der Waals surface area (Å²) in [6, 6.07) is 2.02. The summed E-state index contributed by atoms with van der Waals surface area (Å²) in [6.45, 7) is 6.92. The van der Waals surface area contributed by atoms with Crippen LogP contribution in [0.25, 0.3) is 11.0 Å². The largest absolute Gasteiger partial charge is 0.379 e. The lowest BCUT2D eigenvalue weighted by molar-refractivity contribution is -0.0273. The number of rotatable bonds is 4. The zero-order chi connectivity index (χ0) is 19.9. The van der Waals surface area contributed by atoms with Crippen LogP contribution in [0, 0.1) is 11.6 Å². The van der Waals surface area contributed by atoms with E-state index in [1.165, 1.54) is 6.07 Å². The van der Waals surface area contributed by atoms with Crippen molar-refractivity contribution in [3.8, 4) is 0 Å². The fraction of sp³-hybridized carbons (Fsp3) is 0.667. The lowest BCUT2D eigenvalue weighted by Crippen LogP contribution is -2.53. The Balaban J connectivity index is 0.00000240. The minimum absolute atomic E-state index is 0. The molecule has 0 amide bonds. The molecule has 0 unspecified atom stereocenters. The van der Waals surface area contributed by atoms with Gasteiger partial charge in [0, 0.05) is 43.4 Å². The number of benzene rings is 1. The van der Waals surface area contributed by atoms with E-state index < -0.39 is 11.6 Å². The quantitative estimate of drug-likeness (QED) is 0.783. The first-order valence-corrected chi connectivity index (χ1v) is 10.4. The van der Waals surface area contributed by atoms with Gasteiger partial charge in [-0.05, 0) is 52.4 Å². The molecule has 1 aliphatic heterocycles. The van der Waals surface area contributed by atoms with Gasteiger partial charge in [-0.1, -0.05) is 0 Å². The molecule has 2 aromatic rings. The number of nitrogens with one attached hydrogen (secondary N) is 1. The highest BCUT2D eigenvalue weighted by atomic mass is 35.5. The van der Waals surface area contributed by atoms with E-state index in [-0.39, 0.29) is 35.2 Å². The third-order valence-corrected chi connectivity index (χ3v) is 6.75. The van der Waals surface area contributed by atoms with Crippen LogP contribution in [0.15, 0.2) is 16.9 Å². The average molecular weight is 430 g/mol. The van der Waals surface area contributed by atoms with E-state index in [0.29, 0.717) is 11.6 Å². The molecule has 2 aliphatic rings. The second kappa shape index (κ2) is 8.74. The molecule has 1 aromatic heterocycles. The van der Waals surface area contributed by atoms with Crippen molar-refractivity contribution in [3.63, 3.8) is 0 Å². The predicted octanol–water partition coefficient (Wildman–Crippen LogP) is 4.40. The number of imidazole rings is 1. The minimum atomic E-state index is -0.721. The summed E-state index contributed by atoms with van der Waals surface area (Å²) >= 11 is 0. The SMILES string of the molecule is CCO[C@H]1CC[C@](C)(N2CCC(n3c(=O)[nH]c4c(F)cc(F)cc43)CC2)CC1.Cl. The summed E-state index contributed by atoms with van der Waals surface area (Å²) in [5.41, 5.74) is 0.225. The van der Waals surface area contributed by atoms with E-state index in [4.69, 9.17) is 4.74 Å². The summed E-state index contributed by atoms with van der Waals surface area (Å²) in [6.07, 6.45) is 6.39. The van der Waals surface area contributed by atoms with Crippen molar-refractivity contribution in [2.24, 2.45) is 0 Å². The standard InChI is InChI=1S/C21H29F2N3O2.ClH/c1-3-28-16-4-8-21(2,9-5-16)25-10-6-15(7-11-25)26-18-13-14(22)12-17(23)19(18)24-20(26)27;/h12-13,15-16H,3-11H2,1-2H3,(H,24,27);1H/t16-,21-;. The maximum absolute atomic E-state index is 14.0. The zero-order valence-electron chi connectivity index (χ0n) is 17.0. The summed E-state index contributed by atoms with van der Waals surface area (Å²) in [5, 5.41) is 0. The van der Waals surface area contributed by atoms with Crippen LogP contribution in [0.2, 0.25) is 0 Å². The fourth-order valence-corrected chi connectivity index (χ4v) is 5.11. The number of ether oxygens (including phenoxy) is 1. The number of H-pyrrole nitrogens is 1. The second-order valence-corrected chi connectivity index (χ2v) is 8.45. The number of hydrogen-bond acceptors (Lipinski definition) is 3. The van der Waals surface area contributed by atoms with Crippen LogP contribution in [-0.2, 0) is 4.74 Å². The molecule has 1 aliphatic carbocycles. The van der Waals surface area contributed by atoms with E-state index >= 15 is 0 Å². The van der Waals surface area contributed by atoms with Gasteiger partial charge in [-0.25, -0.2) is 13.6 Å². The van der Waals surface area contributed by atoms with Crippen LogP contribution < -0.4 is 5.69 Å². The molecule has 8 heteroatoms. The normalized spacial score (nSPS) is 26.6. The maximum Gasteiger partial charge on any atom is 0.326 e. The molecule has 0 bridgehead atoms. The van der Waals surface area contributed by atoms with Gasteiger partial charge in [0.1, 0.15) is 11.3 Å². The van der Waals surface area contributed by atoms with Gasteiger partial charge >= 0.3 is 5.69 Å². The van der Waals surface area contributed by atoms with Gasteiger partial charge in [-0.2, -0.15) is 0 Å². The van der Waals surface area contributed by atoms with Gasteiger partial charge < -0.3 is 9.72 Å². The molecule has 0 spiro atoms. The Morgan fingerprint density at radius 1 is 1.17 bits per heavy atom. The Labute approximate surface area is 175 Å². The van der Waals surface area contributed by atoms with Crippen LogP contribution in [0.5, 0.6) is 0 Å². The lowest BCUT2D eigenvalue weighted by atomic mass is 9.79. The highest BCUT2D eigenvalue weighted by molar-refractivity contribution is 5.85. The van der Waals surface area contributed by atoms with Crippen LogP contribution in [0.4, 0.5) is 8.78 Å². The topological polar surface area (TPSA) is 50.3 Å². The Hall–Kier alpha value is -1.44. The van der Waals surface area contributed by atoms with E-state index in [9.17, 15) is 13.6 Å². The number of halogens is 3. The van der Waals surface area contributed by atoms with Crippen molar-refractivity contribution in [1.29, 1.82) is 0 Å². The molecule has 5 nitrogen and oxygen atoms in total. The summed E-state index contributed by atoms with van der Waals surface area (Å²) in [7, 11) is 0. The number of aromatic amines is 1. The molecule has 29 heavy (non-hydrogen) atoms. The van der Waals surface area contributed by atoms with Crippen molar-refractivity contribution in [2.75, 3.05) is 19.7 Å². The van der Waals surface area contributed by atoms with Gasteiger partial charge in [0.25, 0.3) is 0 Å². The van der Waals surface area contributed by atoms with Crippen LogP contribution in [0.1, 0.15) is 58.4 Å². The Morgan fingerprint density at radius 3 is 2.45 bits per heavy atom. The van der Waals surface area contributed by atoms with Gasteiger partial charge in [-0.3, -0.25) is 9.47 Å². The van der Waals surface area contributed by atoms with Crippen molar-refractivity contribution in [3.05, 3.63) is 34.3 Å². The molecule has 1 N–H and O–H groups in total. The second-order valence-electron chi connectivity index (χ2n) is 8.45. The number of fused-ring (bicyclic) bond motifs is 1. The Morgan fingerprint density at radius 2 is 1.83 bits per heavy atom. The molecule has 162 valence electrons. The van der Waals surface area contributed by atoms with Crippen molar-refractivity contribution < 1.29 is 13.5 Å². The van der Waals surface area contributed by atoms with Gasteiger partial charge in [0.2, 0.25) is 0 Å². The summed E-state index contributed by atoms with van der Waals surface area (Å²) in [4.78, 5) is 17.5. The van der Waals surface area contributed by atoms with Crippen LogP contribution >= 0.6 is 12.4 Å². The molecule has 4 rings (SSSR count). The third-order valence-electron chi connectivity index (χ3n) is 6.75. The molecule has 1 saturated heterocycles. The lowest BCUT2D eigenvalue weighted by Gasteiger charge is -2.48. The first kappa shape index (κ1) is 22.2. The molecule has 1 saturated carbocycles. The van der Waals surface area contributed by atoms with Gasteiger partial charge in [0.05, 0.1) is 11.6 Å². The third kappa shape index (κ3) is 4.23. The smallest absolute Gasteiger partial charge is 0.326 e. The van der Waals surface area contributed by atoms with E-state index in [2.05, 4.69) is 16.8 Å². The van der Waals surface area contributed by atoms with Crippen molar-refractivity contribution in [2.45, 2.75) is 70.1 Å². The molecular weight excluding hydrogens is 400 g/mol. The first-order valence-electron chi connectivity index (χ1n) is 10.4. The molecule has 2 fully saturated rings. The summed E-state index contributed by atoms with van der Waals surface area (Å²) in [5.74, 6) is -1.38. The number of piperidine rings is 1. The average Bonchev–Trinajstić information content (AvgIpc) is 3.00. The Kier molecular flexibility index (Phi) is 6.70. The maximum atomic E-state index is 14.0. The number of nitrogens with zero attached hydrogens (tertiary/aromatic N) is 2. The van der Waals surface area contributed by atoms with E-state index in [0.717, 1.165) is 64.3 Å². The molecular formula is C21H30ClF2N3O2. The monoisotopic (exact) mass is 429 g/mol. The van der Waals surface area contributed by atoms with Crippen molar-refractivity contribution in [1.82, 2.24) is 14.5 Å². The summed E-state index contributed by atoms with van der Waals surface area (Å²) < 4.78 is 35.0. The zero-order valence-corrected chi connectivity index (χ0v) is 17.9. The molecule has 0 radical (unpaired) electrons. The highest BCUT2D eigenvalue weighted by Gasteiger charge is 2.38. The molecule has 2 heterocycles. The Bertz CT molecular complexity index is 897. The fourth-order valence-electron chi connectivity index (χ4n) is 5.11.